The van der Waals surface area contributed by atoms with E-state index in [2.05, 4.69) is 4.98 Å². The van der Waals surface area contributed by atoms with Crippen LogP contribution in [0.25, 0.3) is 0 Å². The Morgan fingerprint density at radius 1 is 1.40 bits per heavy atom. The fourth-order valence-electron chi connectivity index (χ4n) is 1.11. The molecule has 1 heterocycles. The number of rotatable bonds is 3. The first-order valence-corrected chi connectivity index (χ1v) is 5.53. The lowest BCUT2D eigenvalue weighted by molar-refractivity contribution is 0.276. The number of aliphatic hydroxyl groups is 1. The van der Waals surface area contributed by atoms with Crippen LogP contribution in [0.15, 0.2) is 29.6 Å². The van der Waals surface area contributed by atoms with Gasteiger partial charge in [-0.25, -0.2) is 0 Å². The normalized spacial score (nSPS) is 10.3. The minimum atomic E-state index is -0.0602. The lowest BCUT2D eigenvalue weighted by Crippen LogP contribution is -1.90. The quantitative estimate of drug-likeness (QED) is 0.898. The molecule has 0 saturated heterocycles. The summed E-state index contributed by atoms with van der Waals surface area (Å²) in [6.07, 6.45) is 0. The maximum Gasteiger partial charge on any atom is 0.280 e. The second-order valence-electron chi connectivity index (χ2n) is 2.80. The molecule has 0 amide bonds. The SMILES string of the molecule is OCc1ccccc1Oc1nc(Cl)cs1. The summed E-state index contributed by atoms with van der Waals surface area (Å²) in [5.41, 5.74) is 0.726. The topological polar surface area (TPSA) is 42.4 Å². The van der Waals surface area contributed by atoms with Gasteiger partial charge in [0.15, 0.2) is 0 Å². The van der Waals surface area contributed by atoms with E-state index in [0.717, 1.165) is 5.56 Å². The van der Waals surface area contributed by atoms with Crippen molar-refractivity contribution < 1.29 is 9.84 Å². The van der Waals surface area contributed by atoms with Gasteiger partial charge in [-0.1, -0.05) is 41.1 Å². The Hall–Kier alpha value is -1.10. The highest BCUT2D eigenvalue weighted by molar-refractivity contribution is 7.11. The van der Waals surface area contributed by atoms with Gasteiger partial charge in [0.25, 0.3) is 5.19 Å². The summed E-state index contributed by atoms with van der Waals surface area (Å²) in [5, 5.41) is 11.7. The average molecular weight is 242 g/mol. The molecule has 3 nitrogen and oxygen atoms in total. The number of hydrogen-bond donors (Lipinski definition) is 1. The van der Waals surface area contributed by atoms with Crippen molar-refractivity contribution >= 4 is 22.9 Å². The molecule has 2 rings (SSSR count). The predicted molar refractivity (Wildman–Crippen MR) is 59.6 cm³/mol. The highest BCUT2D eigenvalue weighted by atomic mass is 35.5. The molecular formula is C10H8ClNO2S. The second-order valence-corrected chi connectivity index (χ2v) is 4.01. The van der Waals surface area contributed by atoms with E-state index in [0.29, 0.717) is 16.1 Å². The first kappa shape index (κ1) is 10.4. The average Bonchev–Trinajstić information content (AvgIpc) is 2.65. The first-order chi connectivity index (χ1) is 7.29. The summed E-state index contributed by atoms with van der Waals surface area (Å²) in [4.78, 5) is 3.96. The van der Waals surface area contributed by atoms with Crippen LogP contribution in [0.3, 0.4) is 0 Å². The van der Waals surface area contributed by atoms with Crippen LogP contribution in [0.4, 0.5) is 0 Å². The molecule has 0 spiro atoms. The van der Waals surface area contributed by atoms with E-state index in [4.69, 9.17) is 21.4 Å². The van der Waals surface area contributed by atoms with Crippen molar-refractivity contribution in [1.82, 2.24) is 4.98 Å². The van der Waals surface area contributed by atoms with Crippen molar-refractivity contribution in [3.8, 4) is 10.9 Å². The summed E-state index contributed by atoms with van der Waals surface area (Å²) < 4.78 is 5.48. The highest BCUT2D eigenvalue weighted by Crippen LogP contribution is 2.29. The zero-order valence-corrected chi connectivity index (χ0v) is 9.26. The first-order valence-electron chi connectivity index (χ1n) is 4.27. The third-order valence-corrected chi connectivity index (χ3v) is 2.84. The van der Waals surface area contributed by atoms with E-state index in [1.165, 1.54) is 11.3 Å². The van der Waals surface area contributed by atoms with Gasteiger partial charge in [0, 0.05) is 10.9 Å². The van der Waals surface area contributed by atoms with Gasteiger partial charge < -0.3 is 9.84 Å². The zero-order chi connectivity index (χ0) is 10.7. The van der Waals surface area contributed by atoms with Crippen LogP contribution in [0.2, 0.25) is 5.15 Å². The molecule has 0 unspecified atom stereocenters. The number of thiazole rings is 1. The molecule has 5 heteroatoms. The Kier molecular flexibility index (Phi) is 3.20. The molecule has 1 aromatic heterocycles. The van der Waals surface area contributed by atoms with E-state index in [-0.39, 0.29) is 6.61 Å². The smallest absolute Gasteiger partial charge is 0.280 e. The molecule has 1 aromatic carbocycles. The molecule has 2 aromatic rings. The van der Waals surface area contributed by atoms with Crippen LogP contribution in [0.5, 0.6) is 10.9 Å². The van der Waals surface area contributed by atoms with Gasteiger partial charge in [0.2, 0.25) is 0 Å². The van der Waals surface area contributed by atoms with Crippen molar-refractivity contribution in [3.63, 3.8) is 0 Å². The molecule has 1 N–H and O–H groups in total. The van der Waals surface area contributed by atoms with E-state index < -0.39 is 0 Å². The van der Waals surface area contributed by atoms with Gasteiger partial charge >= 0.3 is 0 Å². The van der Waals surface area contributed by atoms with Crippen LogP contribution in [-0.4, -0.2) is 10.1 Å². The molecule has 0 saturated carbocycles. The van der Waals surface area contributed by atoms with Gasteiger partial charge in [-0.05, 0) is 6.07 Å². The van der Waals surface area contributed by atoms with Gasteiger partial charge in [-0.3, -0.25) is 0 Å². The summed E-state index contributed by atoms with van der Waals surface area (Å²) >= 11 is 6.99. The number of nitrogens with zero attached hydrogens (tertiary/aromatic N) is 1. The minimum absolute atomic E-state index is 0.0602. The zero-order valence-electron chi connectivity index (χ0n) is 7.68. The van der Waals surface area contributed by atoms with E-state index in [9.17, 15) is 0 Å². The van der Waals surface area contributed by atoms with Gasteiger partial charge in [0.05, 0.1) is 6.61 Å². The van der Waals surface area contributed by atoms with Crippen LogP contribution < -0.4 is 4.74 Å². The highest BCUT2D eigenvalue weighted by Gasteiger charge is 2.06. The maximum atomic E-state index is 9.08. The van der Waals surface area contributed by atoms with Crippen LogP contribution in [-0.2, 0) is 6.61 Å². The fourth-order valence-corrected chi connectivity index (χ4v) is 1.91. The van der Waals surface area contributed by atoms with Crippen molar-refractivity contribution in [2.75, 3.05) is 0 Å². The molecule has 78 valence electrons. The van der Waals surface area contributed by atoms with E-state index in [1.807, 2.05) is 12.1 Å². The Bertz CT molecular complexity index is 458. The molecule has 0 atom stereocenters. The third kappa shape index (κ3) is 2.47. The third-order valence-electron chi connectivity index (χ3n) is 1.80. The lowest BCUT2D eigenvalue weighted by atomic mass is 10.2. The number of benzene rings is 1. The summed E-state index contributed by atoms with van der Waals surface area (Å²) in [5.74, 6) is 0.603. The van der Waals surface area contributed by atoms with Crippen molar-refractivity contribution in [2.45, 2.75) is 6.61 Å². The largest absolute Gasteiger partial charge is 0.430 e. The van der Waals surface area contributed by atoms with Crippen molar-refractivity contribution in [1.29, 1.82) is 0 Å². The number of hydrogen-bond acceptors (Lipinski definition) is 4. The molecule has 0 radical (unpaired) electrons. The number of aliphatic hydroxyl groups excluding tert-OH is 1. The summed E-state index contributed by atoms with van der Waals surface area (Å²) in [7, 11) is 0. The summed E-state index contributed by atoms with van der Waals surface area (Å²) in [6, 6.07) is 7.25. The number of aromatic nitrogens is 1. The molecule has 15 heavy (non-hydrogen) atoms. The number of ether oxygens (including phenoxy) is 1. The Morgan fingerprint density at radius 2 is 2.20 bits per heavy atom. The molecule has 0 aliphatic heterocycles. The van der Waals surface area contributed by atoms with Crippen molar-refractivity contribution in [3.05, 3.63) is 40.4 Å². The minimum Gasteiger partial charge on any atom is -0.430 e. The lowest BCUT2D eigenvalue weighted by Gasteiger charge is -2.05. The predicted octanol–water partition coefficient (Wildman–Crippen LogP) is 3.08. The van der Waals surface area contributed by atoms with Crippen LogP contribution in [0.1, 0.15) is 5.56 Å². The molecule has 0 aliphatic carbocycles. The maximum absolute atomic E-state index is 9.08. The van der Waals surface area contributed by atoms with E-state index in [1.54, 1.807) is 17.5 Å². The Balaban J connectivity index is 2.23. The monoisotopic (exact) mass is 241 g/mol. The molecule has 0 bridgehead atoms. The van der Waals surface area contributed by atoms with Gasteiger partial charge in [-0.15, -0.1) is 0 Å². The van der Waals surface area contributed by atoms with Crippen molar-refractivity contribution in [2.24, 2.45) is 0 Å². The molecular weight excluding hydrogens is 234 g/mol. The standard InChI is InChI=1S/C10H8ClNO2S/c11-9-6-15-10(12-9)14-8-4-2-1-3-7(8)5-13/h1-4,6,13H,5H2. The Labute approximate surface area is 95.9 Å². The summed E-state index contributed by atoms with van der Waals surface area (Å²) in [6.45, 7) is -0.0602. The van der Waals surface area contributed by atoms with E-state index >= 15 is 0 Å². The Morgan fingerprint density at radius 3 is 2.87 bits per heavy atom. The fraction of sp³-hybridized carbons (Fsp3) is 0.100. The second kappa shape index (κ2) is 4.61. The number of para-hydroxylation sites is 1. The van der Waals surface area contributed by atoms with Gasteiger partial charge in [0.1, 0.15) is 10.9 Å². The van der Waals surface area contributed by atoms with Gasteiger partial charge in [-0.2, -0.15) is 4.98 Å². The molecule has 0 aliphatic rings. The number of halogens is 1. The molecule has 0 fully saturated rings. The van der Waals surface area contributed by atoms with Crippen LogP contribution >= 0.6 is 22.9 Å². The van der Waals surface area contributed by atoms with Crippen LogP contribution in [0, 0.1) is 0 Å².